The van der Waals surface area contributed by atoms with E-state index in [0.717, 1.165) is 17.8 Å². The van der Waals surface area contributed by atoms with Crippen LogP contribution in [0.4, 0.5) is 5.69 Å². The van der Waals surface area contributed by atoms with E-state index in [-0.39, 0.29) is 0 Å². The van der Waals surface area contributed by atoms with Crippen LogP contribution in [0, 0.1) is 0 Å². The normalized spacial score (nSPS) is 10.2. The lowest BCUT2D eigenvalue weighted by atomic mass is 10.1. The third-order valence-electron chi connectivity index (χ3n) is 2.96. The summed E-state index contributed by atoms with van der Waals surface area (Å²) in [4.78, 5) is 4.37. The SMILES string of the molecule is CCCc1ccc(NCc2cccc(OC)n2)cc1. The van der Waals surface area contributed by atoms with E-state index in [1.54, 1.807) is 7.11 Å². The van der Waals surface area contributed by atoms with Gasteiger partial charge < -0.3 is 10.1 Å². The summed E-state index contributed by atoms with van der Waals surface area (Å²) in [6.07, 6.45) is 2.32. The number of hydrogen-bond donors (Lipinski definition) is 1. The van der Waals surface area contributed by atoms with Crippen LogP contribution in [0.3, 0.4) is 0 Å². The van der Waals surface area contributed by atoms with Crippen molar-refractivity contribution < 1.29 is 4.74 Å². The lowest BCUT2D eigenvalue weighted by Gasteiger charge is -2.08. The topological polar surface area (TPSA) is 34.1 Å². The summed E-state index contributed by atoms with van der Waals surface area (Å²) < 4.78 is 5.11. The second-order valence-electron chi connectivity index (χ2n) is 4.47. The molecule has 0 atom stereocenters. The van der Waals surface area contributed by atoms with Crippen LogP contribution in [0.1, 0.15) is 24.6 Å². The van der Waals surface area contributed by atoms with E-state index in [4.69, 9.17) is 4.74 Å². The molecule has 1 N–H and O–H groups in total. The minimum atomic E-state index is 0.651. The van der Waals surface area contributed by atoms with Gasteiger partial charge in [0.15, 0.2) is 0 Å². The largest absolute Gasteiger partial charge is 0.481 e. The Kier molecular flexibility index (Phi) is 4.78. The van der Waals surface area contributed by atoms with Crippen molar-refractivity contribution in [2.75, 3.05) is 12.4 Å². The Bertz CT molecular complexity index is 508. The molecule has 2 aromatic rings. The number of nitrogens with zero attached hydrogens (tertiary/aromatic N) is 1. The standard InChI is InChI=1S/C16H20N2O/c1-3-5-13-8-10-14(11-9-13)17-12-15-6-4-7-16(18-15)19-2/h4,6-11,17H,3,5,12H2,1-2H3. The number of pyridine rings is 1. The first-order valence-electron chi connectivity index (χ1n) is 6.64. The van der Waals surface area contributed by atoms with Gasteiger partial charge in [-0.15, -0.1) is 0 Å². The van der Waals surface area contributed by atoms with E-state index in [0.29, 0.717) is 12.4 Å². The molecule has 0 aliphatic carbocycles. The van der Waals surface area contributed by atoms with Crippen LogP contribution in [-0.4, -0.2) is 12.1 Å². The average molecular weight is 256 g/mol. The zero-order valence-electron chi connectivity index (χ0n) is 11.5. The van der Waals surface area contributed by atoms with Crippen molar-refractivity contribution in [1.82, 2.24) is 4.98 Å². The van der Waals surface area contributed by atoms with Crippen molar-refractivity contribution in [3.8, 4) is 5.88 Å². The zero-order valence-corrected chi connectivity index (χ0v) is 11.5. The predicted octanol–water partition coefficient (Wildman–Crippen LogP) is 3.65. The van der Waals surface area contributed by atoms with Gasteiger partial charge in [0.25, 0.3) is 0 Å². The van der Waals surface area contributed by atoms with Gasteiger partial charge >= 0.3 is 0 Å². The lowest BCUT2D eigenvalue weighted by molar-refractivity contribution is 0.396. The van der Waals surface area contributed by atoms with E-state index in [9.17, 15) is 0 Å². The molecular weight excluding hydrogens is 236 g/mol. The fourth-order valence-electron chi connectivity index (χ4n) is 1.94. The molecule has 0 aliphatic rings. The van der Waals surface area contributed by atoms with Crippen molar-refractivity contribution in [1.29, 1.82) is 0 Å². The van der Waals surface area contributed by atoms with E-state index in [1.807, 2.05) is 18.2 Å². The third-order valence-corrected chi connectivity index (χ3v) is 2.96. The third kappa shape index (κ3) is 3.98. The Hall–Kier alpha value is -2.03. The number of ether oxygens (including phenoxy) is 1. The zero-order chi connectivity index (χ0) is 13.5. The van der Waals surface area contributed by atoms with Crippen LogP contribution < -0.4 is 10.1 Å². The molecule has 1 heterocycles. The molecule has 0 fully saturated rings. The second kappa shape index (κ2) is 6.78. The van der Waals surface area contributed by atoms with Crippen LogP contribution in [0.5, 0.6) is 5.88 Å². The molecule has 0 radical (unpaired) electrons. The lowest BCUT2D eigenvalue weighted by Crippen LogP contribution is -2.02. The van der Waals surface area contributed by atoms with Crippen molar-refractivity contribution >= 4 is 5.69 Å². The van der Waals surface area contributed by atoms with Crippen molar-refractivity contribution in [2.45, 2.75) is 26.3 Å². The highest BCUT2D eigenvalue weighted by molar-refractivity contribution is 5.44. The molecule has 3 nitrogen and oxygen atoms in total. The Morgan fingerprint density at radius 2 is 1.89 bits per heavy atom. The van der Waals surface area contributed by atoms with Gasteiger partial charge in [0.1, 0.15) is 0 Å². The van der Waals surface area contributed by atoms with Gasteiger partial charge in [-0.1, -0.05) is 31.5 Å². The number of aromatic nitrogens is 1. The monoisotopic (exact) mass is 256 g/mol. The molecule has 0 unspecified atom stereocenters. The molecule has 100 valence electrons. The molecule has 0 spiro atoms. The smallest absolute Gasteiger partial charge is 0.213 e. The van der Waals surface area contributed by atoms with Gasteiger partial charge in [-0.3, -0.25) is 0 Å². The molecule has 1 aromatic carbocycles. The highest BCUT2D eigenvalue weighted by Gasteiger charge is 1.98. The maximum absolute atomic E-state index is 5.11. The van der Waals surface area contributed by atoms with Gasteiger partial charge in [-0.05, 0) is 30.2 Å². The maximum Gasteiger partial charge on any atom is 0.213 e. The summed E-state index contributed by atoms with van der Waals surface area (Å²) in [5.74, 6) is 0.651. The minimum absolute atomic E-state index is 0.651. The van der Waals surface area contributed by atoms with Gasteiger partial charge in [-0.25, -0.2) is 4.98 Å². The molecular formula is C16H20N2O. The first kappa shape index (κ1) is 13.4. The number of hydrogen-bond acceptors (Lipinski definition) is 3. The number of nitrogens with one attached hydrogen (secondary N) is 1. The second-order valence-corrected chi connectivity index (χ2v) is 4.47. The molecule has 0 saturated heterocycles. The Morgan fingerprint density at radius 3 is 2.58 bits per heavy atom. The Labute approximate surface area is 114 Å². The van der Waals surface area contributed by atoms with E-state index in [1.165, 1.54) is 12.0 Å². The molecule has 0 aliphatic heterocycles. The molecule has 3 heteroatoms. The summed E-state index contributed by atoms with van der Waals surface area (Å²) in [5.41, 5.74) is 3.47. The summed E-state index contributed by atoms with van der Waals surface area (Å²) in [6.45, 7) is 2.89. The van der Waals surface area contributed by atoms with Gasteiger partial charge in [0.2, 0.25) is 5.88 Å². The van der Waals surface area contributed by atoms with Crippen molar-refractivity contribution in [3.05, 3.63) is 53.7 Å². The number of benzene rings is 1. The quantitative estimate of drug-likeness (QED) is 0.856. The molecule has 0 amide bonds. The Balaban J connectivity index is 1.94. The van der Waals surface area contributed by atoms with E-state index < -0.39 is 0 Å². The van der Waals surface area contributed by atoms with Crippen LogP contribution in [-0.2, 0) is 13.0 Å². The first-order valence-corrected chi connectivity index (χ1v) is 6.64. The molecule has 1 aromatic heterocycles. The van der Waals surface area contributed by atoms with Gasteiger partial charge in [0.05, 0.1) is 19.3 Å². The minimum Gasteiger partial charge on any atom is -0.481 e. The summed E-state index contributed by atoms with van der Waals surface area (Å²) in [5, 5.41) is 3.36. The van der Waals surface area contributed by atoms with Crippen LogP contribution in [0.15, 0.2) is 42.5 Å². The summed E-state index contributed by atoms with van der Waals surface area (Å²) in [7, 11) is 1.63. The highest BCUT2D eigenvalue weighted by atomic mass is 16.5. The summed E-state index contributed by atoms with van der Waals surface area (Å²) in [6, 6.07) is 14.4. The maximum atomic E-state index is 5.11. The van der Waals surface area contributed by atoms with Gasteiger partial charge in [0, 0.05) is 11.8 Å². The van der Waals surface area contributed by atoms with Gasteiger partial charge in [-0.2, -0.15) is 0 Å². The van der Waals surface area contributed by atoms with Crippen LogP contribution in [0.25, 0.3) is 0 Å². The fraction of sp³-hybridized carbons (Fsp3) is 0.312. The number of methoxy groups -OCH3 is 1. The van der Waals surface area contributed by atoms with Crippen molar-refractivity contribution in [3.63, 3.8) is 0 Å². The predicted molar refractivity (Wildman–Crippen MR) is 78.6 cm³/mol. The first-order chi connectivity index (χ1) is 9.31. The average Bonchev–Trinajstić information content (AvgIpc) is 2.47. The summed E-state index contributed by atoms with van der Waals surface area (Å²) >= 11 is 0. The van der Waals surface area contributed by atoms with Crippen LogP contribution in [0.2, 0.25) is 0 Å². The van der Waals surface area contributed by atoms with Crippen molar-refractivity contribution in [2.24, 2.45) is 0 Å². The van der Waals surface area contributed by atoms with E-state index in [2.05, 4.69) is 41.5 Å². The number of aryl methyl sites for hydroxylation is 1. The fourth-order valence-corrected chi connectivity index (χ4v) is 1.94. The number of rotatable bonds is 6. The Morgan fingerprint density at radius 1 is 1.11 bits per heavy atom. The molecule has 19 heavy (non-hydrogen) atoms. The molecule has 0 bridgehead atoms. The molecule has 0 saturated carbocycles. The van der Waals surface area contributed by atoms with Crippen LogP contribution >= 0.6 is 0 Å². The molecule has 2 rings (SSSR count). The number of anilines is 1. The van der Waals surface area contributed by atoms with E-state index >= 15 is 0 Å². The highest BCUT2D eigenvalue weighted by Crippen LogP contribution is 2.13.